The topological polar surface area (TPSA) is 12.4 Å². The van der Waals surface area contributed by atoms with Gasteiger partial charge >= 0.3 is 0 Å². The summed E-state index contributed by atoms with van der Waals surface area (Å²) in [5.74, 6) is 1.71. The van der Waals surface area contributed by atoms with Crippen molar-refractivity contribution in [3.63, 3.8) is 0 Å². The van der Waals surface area contributed by atoms with E-state index in [1.807, 2.05) is 11.8 Å². The molecular formula is C15H21NS. The van der Waals surface area contributed by atoms with E-state index < -0.39 is 0 Å². The molecule has 92 valence electrons. The molecule has 0 N–H and O–H groups in total. The lowest BCUT2D eigenvalue weighted by Gasteiger charge is -2.28. The fourth-order valence-corrected chi connectivity index (χ4v) is 3.28. The fraction of sp³-hybridized carbons (Fsp3) is 0.533. The van der Waals surface area contributed by atoms with Crippen molar-refractivity contribution in [1.29, 1.82) is 0 Å². The van der Waals surface area contributed by atoms with Crippen molar-refractivity contribution >= 4 is 18.0 Å². The molecule has 0 saturated carbocycles. The lowest BCUT2D eigenvalue weighted by molar-refractivity contribution is 0.605. The van der Waals surface area contributed by atoms with Gasteiger partial charge in [-0.2, -0.15) is 0 Å². The van der Waals surface area contributed by atoms with E-state index in [4.69, 9.17) is 4.99 Å². The molecule has 1 aromatic carbocycles. The van der Waals surface area contributed by atoms with Crippen LogP contribution in [0.25, 0.3) is 0 Å². The van der Waals surface area contributed by atoms with Gasteiger partial charge in [-0.25, -0.2) is 0 Å². The van der Waals surface area contributed by atoms with Gasteiger partial charge < -0.3 is 0 Å². The van der Waals surface area contributed by atoms with Crippen molar-refractivity contribution in [1.82, 2.24) is 0 Å². The summed E-state index contributed by atoms with van der Waals surface area (Å²) in [6, 6.07) is 8.70. The van der Waals surface area contributed by atoms with Crippen LogP contribution in [0.2, 0.25) is 0 Å². The second-order valence-electron chi connectivity index (χ2n) is 5.71. The van der Waals surface area contributed by atoms with E-state index in [-0.39, 0.29) is 5.41 Å². The molecule has 1 unspecified atom stereocenters. The number of rotatable bonds is 2. The molecule has 1 aromatic rings. The van der Waals surface area contributed by atoms with Gasteiger partial charge in [-0.05, 0) is 17.0 Å². The molecule has 2 rings (SSSR count). The average molecular weight is 247 g/mol. The maximum atomic E-state index is 4.73. The van der Waals surface area contributed by atoms with Gasteiger partial charge in [0.2, 0.25) is 0 Å². The summed E-state index contributed by atoms with van der Waals surface area (Å²) < 4.78 is 0. The maximum Gasteiger partial charge on any atom is 0.120 e. The van der Waals surface area contributed by atoms with Gasteiger partial charge in [0.1, 0.15) is 5.37 Å². The first kappa shape index (κ1) is 12.7. The molecule has 1 aliphatic heterocycles. The smallest absolute Gasteiger partial charge is 0.120 e. The minimum absolute atomic E-state index is 0.244. The third-order valence-electron chi connectivity index (χ3n) is 3.06. The quantitative estimate of drug-likeness (QED) is 0.741. The van der Waals surface area contributed by atoms with Crippen molar-refractivity contribution in [3.05, 3.63) is 35.4 Å². The Balaban J connectivity index is 2.30. The molecule has 2 heteroatoms. The van der Waals surface area contributed by atoms with E-state index in [1.54, 1.807) is 0 Å². The molecule has 0 amide bonds. The minimum atomic E-state index is 0.244. The monoisotopic (exact) mass is 247 g/mol. The molecule has 17 heavy (non-hydrogen) atoms. The Bertz CT molecular complexity index is 421. The molecule has 1 atom stereocenters. The van der Waals surface area contributed by atoms with Crippen LogP contribution in [-0.2, 0) is 0 Å². The molecule has 0 aliphatic carbocycles. The van der Waals surface area contributed by atoms with E-state index >= 15 is 0 Å². The van der Waals surface area contributed by atoms with Gasteiger partial charge in [0.05, 0.1) is 0 Å². The number of benzene rings is 1. The number of hydrogen-bond donors (Lipinski definition) is 0. The highest BCUT2D eigenvalue weighted by molar-refractivity contribution is 7.99. The third kappa shape index (κ3) is 2.92. The van der Waals surface area contributed by atoms with Gasteiger partial charge in [0.15, 0.2) is 0 Å². The summed E-state index contributed by atoms with van der Waals surface area (Å²) in [5, 5.41) is 0.293. The Morgan fingerprint density at radius 1 is 1.29 bits per heavy atom. The van der Waals surface area contributed by atoms with Crippen molar-refractivity contribution < 1.29 is 0 Å². The number of aliphatic imine (C=N–C) groups is 1. The van der Waals surface area contributed by atoms with E-state index in [9.17, 15) is 0 Å². The predicted octanol–water partition coefficient (Wildman–Crippen LogP) is 4.65. The zero-order valence-corrected chi connectivity index (χ0v) is 11.9. The van der Waals surface area contributed by atoms with Crippen LogP contribution in [0.5, 0.6) is 0 Å². The Morgan fingerprint density at radius 3 is 2.59 bits per heavy atom. The zero-order chi connectivity index (χ0) is 12.5. The van der Waals surface area contributed by atoms with E-state index in [0.29, 0.717) is 11.3 Å². The highest BCUT2D eigenvalue weighted by atomic mass is 32.2. The summed E-state index contributed by atoms with van der Waals surface area (Å²) in [6.07, 6.45) is 2.13. The molecule has 1 nitrogen and oxygen atoms in total. The summed E-state index contributed by atoms with van der Waals surface area (Å²) >= 11 is 1.96. The molecule has 0 saturated heterocycles. The SMILES string of the molecule is CC(C)c1ccccc1C1N=CC(C)(C)CS1. The Hall–Kier alpha value is -0.760. The summed E-state index contributed by atoms with van der Waals surface area (Å²) in [4.78, 5) is 4.73. The van der Waals surface area contributed by atoms with Crippen LogP contribution in [0.1, 0.15) is 50.1 Å². The molecule has 1 heterocycles. The molecule has 0 aromatic heterocycles. The molecule has 0 spiro atoms. The lowest BCUT2D eigenvalue weighted by atomic mass is 9.96. The summed E-state index contributed by atoms with van der Waals surface area (Å²) in [6.45, 7) is 8.99. The van der Waals surface area contributed by atoms with Crippen LogP contribution in [0.3, 0.4) is 0 Å². The van der Waals surface area contributed by atoms with Crippen molar-refractivity contribution in [2.24, 2.45) is 10.4 Å². The first-order chi connectivity index (χ1) is 7.99. The molecular weight excluding hydrogens is 226 g/mol. The lowest BCUT2D eigenvalue weighted by Crippen LogP contribution is -2.21. The highest BCUT2D eigenvalue weighted by Crippen LogP contribution is 2.40. The average Bonchev–Trinajstić information content (AvgIpc) is 2.29. The van der Waals surface area contributed by atoms with Gasteiger partial charge in [0, 0.05) is 17.4 Å². The number of hydrogen-bond acceptors (Lipinski definition) is 2. The van der Waals surface area contributed by atoms with E-state index in [2.05, 4.69) is 58.2 Å². The van der Waals surface area contributed by atoms with Crippen LogP contribution >= 0.6 is 11.8 Å². The number of nitrogens with zero attached hydrogens (tertiary/aromatic N) is 1. The van der Waals surface area contributed by atoms with Crippen LogP contribution in [-0.4, -0.2) is 12.0 Å². The Labute approximate surface area is 109 Å². The second kappa shape index (κ2) is 4.85. The fourth-order valence-electron chi connectivity index (χ4n) is 2.08. The van der Waals surface area contributed by atoms with Gasteiger partial charge in [-0.15, -0.1) is 11.8 Å². The number of thioether (sulfide) groups is 1. The molecule has 0 fully saturated rings. The van der Waals surface area contributed by atoms with Crippen LogP contribution in [0, 0.1) is 5.41 Å². The highest BCUT2D eigenvalue weighted by Gasteiger charge is 2.25. The molecule has 0 bridgehead atoms. The third-order valence-corrected chi connectivity index (χ3v) is 4.66. The van der Waals surface area contributed by atoms with Crippen molar-refractivity contribution in [2.75, 3.05) is 5.75 Å². The van der Waals surface area contributed by atoms with Crippen LogP contribution in [0.15, 0.2) is 29.3 Å². The van der Waals surface area contributed by atoms with Crippen molar-refractivity contribution in [2.45, 2.75) is 39.0 Å². The van der Waals surface area contributed by atoms with E-state index in [1.165, 1.54) is 11.1 Å². The Kier molecular flexibility index (Phi) is 3.62. The first-order valence-electron chi connectivity index (χ1n) is 6.24. The van der Waals surface area contributed by atoms with Gasteiger partial charge in [-0.1, -0.05) is 52.0 Å². The molecule has 1 aliphatic rings. The normalized spacial score (nSPS) is 23.0. The summed E-state index contributed by atoms with van der Waals surface area (Å²) in [5.41, 5.74) is 3.06. The van der Waals surface area contributed by atoms with Crippen LogP contribution < -0.4 is 0 Å². The molecule has 0 radical (unpaired) electrons. The minimum Gasteiger partial charge on any atom is -0.278 e. The first-order valence-corrected chi connectivity index (χ1v) is 7.29. The standard InChI is InChI=1S/C15H21NS/c1-11(2)12-7-5-6-8-13(12)14-16-9-15(3,4)10-17-14/h5-9,11,14H,10H2,1-4H3. The van der Waals surface area contributed by atoms with Gasteiger partial charge in [0.25, 0.3) is 0 Å². The maximum absolute atomic E-state index is 4.73. The summed E-state index contributed by atoms with van der Waals surface area (Å²) in [7, 11) is 0. The van der Waals surface area contributed by atoms with Gasteiger partial charge in [-0.3, -0.25) is 4.99 Å². The van der Waals surface area contributed by atoms with E-state index in [0.717, 1.165) is 5.75 Å². The zero-order valence-electron chi connectivity index (χ0n) is 11.1. The Morgan fingerprint density at radius 2 is 2.00 bits per heavy atom. The second-order valence-corrected chi connectivity index (χ2v) is 6.78. The predicted molar refractivity (Wildman–Crippen MR) is 78.0 cm³/mol. The van der Waals surface area contributed by atoms with Crippen molar-refractivity contribution in [3.8, 4) is 0 Å². The van der Waals surface area contributed by atoms with Crippen LogP contribution in [0.4, 0.5) is 0 Å². The largest absolute Gasteiger partial charge is 0.278 e.